The highest BCUT2D eigenvalue weighted by Crippen LogP contribution is 2.30. The molecule has 6 nitrogen and oxygen atoms in total. The second kappa shape index (κ2) is 12.8. The van der Waals surface area contributed by atoms with Crippen LogP contribution in [0.2, 0.25) is 0 Å². The van der Waals surface area contributed by atoms with Gasteiger partial charge in [0.15, 0.2) is 0 Å². The van der Waals surface area contributed by atoms with Gasteiger partial charge in [0.25, 0.3) is 0 Å². The molecule has 1 fully saturated rings. The molecule has 0 N–H and O–H groups in total. The summed E-state index contributed by atoms with van der Waals surface area (Å²) >= 11 is 0. The van der Waals surface area contributed by atoms with Gasteiger partial charge in [0.05, 0.1) is 59.5 Å². The van der Waals surface area contributed by atoms with Crippen molar-refractivity contribution in [2.75, 3.05) is 66.6 Å². The summed E-state index contributed by atoms with van der Waals surface area (Å²) in [5.41, 5.74) is -1.35. The average molecular weight is 336 g/mol. The van der Waals surface area contributed by atoms with Crippen LogP contribution in [0.5, 0.6) is 0 Å². The lowest BCUT2D eigenvalue weighted by Crippen LogP contribution is -2.35. The normalized spacial score (nSPS) is 17.6. The molecule has 0 saturated heterocycles. The van der Waals surface area contributed by atoms with Gasteiger partial charge in [-0.3, -0.25) is 4.79 Å². The van der Waals surface area contributed by atoms with Crippen LogP contribution in [0.1, 0.15) is 25.7 Å². The molecule has 0 aromatic carbocycles. The molecule has 1 rings (SSSR count). The van der Waals surface area contributed by atoms with Crippen LogP contribution in [0, 0.1) is 0 Å². The van der Waals surface area contributed by atoms with E-state index >= 15 is 0 Å². The van der Waals surface area contributed by atoms with Gasteiger partial charge in [-0.25, -0.2) is 4.39 Å². The molecule has 7 heteroatoms. The molecule has 0 aromatic heterocycles. The third-order valence-corrected chi connectivity index (χ3v) is 3.61. The van der Waals surface area contributed by atoms with Crippen LogP contribution in [0.4, 0.5) is 4.39 Å². The Morgan fingerprint density at radius 2 is 1.26 bits per heavy atom. The third kappa shape index (κ3) is 10.7. The molecule has 0 aliphatic heterocycles. The molecule has 1 aliphatic carbocycles. The zero-order chi connectivity index (χ0) is 16.8. The highest BCUT2D eigenvalue weighted by Gasteiger charge is 2.34. The van der Waals surface area contributed by atoms with Crippen molar-refractivity contribution in [1.29, 1.82) is 0 Å². The Hall–Kier alpha value is -0.600. The van der Waals surface area contributed by atoms with Gasteiger partial charge in [-0.05, 0) is 12.8 Å². The van der Waals surface area contributed by atoms with Crippen molar-refractivity contribution in [1.82, 2.24) is 0 Å². The molecule has 0 atom stereocenters. The number of ketones is 1. The van der Waals surface area contributed by atoms with Crippen molar-refractivity contribution < 1.29 is 32.9 Å². The Bertz CT molecular complexity index is 303. The predicted octanol–water partition coefficient (Wildman–Crippen LogP) is 1.55. The van der Waals surface area contributed by atoms with E-state index in [0.717, 1.165) is 0 Å². The lowest BCUT2D eigenvalue weighted by molar-refractivity contribution is -0.124. The molecule has 1 aliphatic rings. The van der Waals surface area contributed by atoms with E-state index in [2.05, 4.69) is 0 Å². The lowest BCUT2D eigenvalue weighted by atomic mass is 9.86. The minimum absolute atomic E-state index is 0.0406. The maximum Gasteiger partial charge on any atom is 0.135 e. The van der Waals surface area contributed by atoms with Gasteiger partial charge in [0.2, 0.25) is 0 Å². The van der Waals surface area contributed by atoms with Crippen molar-refractivity contribution >= 4 is 5.78 Å². The van der Waals surface area contributed by atoms with E-state index in [1.54, 1.807) is 7.11 Å². The smallest absolute Gasteiger partial charge is 0.135 e. The van der Waals surface area contributed by atoms with E-state index in [0.29, 0.717) is 65.7 Å². The summed E-state index contributed by atoms with van der Waals surface area (Å²) in [5, 5.41) is 0. The largest absolute Gasteiger partial charge is 0.382 e. The Morgan fingerprint density at radius 3 is 1.74 bits per heavy atom. The second-order valence-electron chi connectivity index (χ2n) is 5.57. The summed E-state index contributed by atoms with van der Waals surface area (Å²) < 4.78 is 40.3. The number of alkyl halides is 1. The summed E-state index contributed by atoms with van der Waals surface area (Å²) in [6.45, 7) is 3.96. The SMILES string of the molecule is COCCOCCOCCOCCOCC1(F)CCC(=O)CC1. The minimum Gasteiger partial charge on any atom is -0.382 e. The number of carbonyl (C=O) groups excluding carboxylic acids is 1. The maximum absolute atomic E-state index is 14.2. The van der Waals surface area contributed by atoms with E-state index in [-0.39, 0.29) is 25.2 Å². The summed E-state index contributed by atoms with van der Waals surface area (Å²) in [5.74, 6) is 0.144. The van der Waals surface area contributed by atoms with Crippen LogP contribution in [0.25, 0.3) is 0 Å². The van der Waals surface area contributed by atoms with Gasteiger partial charge >= 0.3 is 0 Å². The van der Waals surface area contributed by atoms with Crippen molar-refractivity contribution in [2.45, 2.75) is 31.4 Å². The number of hydrogen-bond acceptors (Lipinski definition) is 6. The van der Waals surface area contributed by atoms with Gasteiger partial charge in [-0.15, -0.1) is 0 Å². The van der Waals surface area contributed by atoms with Crippen LogP contribution in [0.3, 0.4) is 0 Å². The van der Waals surface area contributed by atoms with Gasteiger partial charge in [0.1, 0.15) is 11.5 Å². The Kier molecular flexibility index (Phi) is 11.4. The van der Waals surface area contributed by atoms with E-state index < -0.39 is 5.67 Å². The predicted molar refractivity (Wildman–Crippen MR) is 82.5 cm³/mol. The van der Waals surface area contributed by atoms with E-state index in [1.807, 2.05) is 0 Å². The first-order valence-electron chi connectivity index (χ1n) is 8.17. The second-order valence-corrected chi connectivity index (χ2v) is 5.57. The number of methoxy groups -OCH3 is 1. The van der Waals surface area contributed by atoms with Crippen molar-refractivity contribution in [3.05, 3.63) is 0 Å². The molecular weight excluding hydrogens is 307 g/mol. The van der Waals surface area contributed by atoms with Crippen LogP contribution in [-0.4, -0.2) is 78.0 Å². The molecule has 0 aromatic rings. The highest BCUT2D eigenvalue weighted by atomic mass is 19.1. The minimum atomic E-state index is -1.35. The van der Waals surface area contributed by atoms with Crippen LogP contribution >= 0.6 is 0 Å². The van der Waals surface area contributed by atoms with Crippen LogP contribution in [0.15, 0.2) is 0 Å². The summed E-state index contributed by atoms with van der Waals surface area (Å²) in [4.78, 5) is 11.1. The number of rotatable bonds is 14. The quantitative estimate of drug-likeness (QED) is 0.449. The van der Waals surface area contributed by atoms with Crippen LogP contribution in [-0.2, 0) is 28.5 Å². The monoisotopic (exact) mass is 336 g/mol. The standard InChI is InChI=1S/C16H29FO6/c1-19-6-7-20-8-9-21-10-11-22-12-13-23-14-16(17)4-2-15(18)3-5-16/h2-14H2,1H3. The molecule has 0 unspecified atom stereocenters. The first-order valence-corrected chi connectivity index (χ1v) is 8.17. The number of hydrogen-bond donors (Lipinski definition) is 0. The van der Waals surface area contributed by atoms with Crippen molar-refractivity contribution in [3.63, 3.8) is 0 Å². The fourth-order valence-corrected chi connectivity index (χ4v) is 2.18. The third-order valence-electron chi connectivity index (χ3n) is 3.61. The number of halogens is 1. The molecule has 136 valence electrons. The van der Waals surface area contributed by atoms with E-state index in [1.165, 1.54) is 0 Å². The fraction of sp³-hybridized carbons (Fsp3) is 0.938. The van der Waals surface area contributed by atoms with E-state index in [9.17, 15) is 9.18 Å². The Balaban J connectivity index is 1.80. The zero-order valence-corrected chi connectivity index (χ0v) is 14.0. The summed E-state index contributed by atoms with van der Waals surface area (Å²) in [6, 6.07) is 0. The van der Waals surface area contributed by atoms with E-state index in [4.69, 9.17) is 23.7 Å². The number of carbonyl (C=O) groups is 1. The molecule has 0 amide bonds. The van der Waals surface area contributed by atoms with Gasteiger partial charge < -0.3 is 23.7 Å². The van der Waals surface area contributed by atoms with Gasteiger partial charge in [-0.1, -0.05) is 0 Å². The molecule has 0 heterocycles. The summed E-state index contributed by atoms with van der Waals surface area (Å²) in [6.07, 6.45) is 1.19. The first-order chi connectivity index (χ1) is 11.2. The molecular formula is C16H29FO6. The first kappa shape index (κ1) is 20.4. The number of ether oxygens (including phenoxy) is 5. The number of Topliss-reactive ketones (excluding diaryl/α,β-unsaturated/α-hetero) is 1. The molecule has 0 radical (unpaired) electrons. The highest BCUT2D eigenvalue weighted by molar-refractivity contribution is 5.79. The zero-order valence-electron chi connectivity index (χ0n) is 14.0. The Labute approximate surface area is 137 Å². The Morgan fingerprint density at radius 1 is 0.826 bits per heavy atom. The van der Waals surface area contributed by atoms with Gasteiger partial charge in [-0.2, -0.15) is 0 Å². The van der Waals surface area contributed by atoms with Gasteiger partial charge in [0, 0.05) is 20.0 Å². The molecule has 1 saturated carbocycles. The molecule has 23 heavy (non-hydrogen) atoms. The average Bonchev–Trinajstić information content (AvgIpc) is 2.55. The summed E-state index contributed by atoms with van der Waals surface area (Å²) in [7, 11) is 1.63. The molecule has 0 bridgehead atoms. The fourth-order valence-electron chi connectivity index (χ4n) is 2.18. The topological polar surface area (TPSA) is 63.2 Å². The van der Waals surface area contributed by atoms with Crippen molar-refractivity contribution in [3.8, 4) is 0 Å². The molecule has 0 spiro atoms. The van der Waals surface area contributed by atoms with Crippen molar-refractivity contribution in [2.24, 2.45) is 0 Å². The lowest BCUT2D eigenvalue weighted by Gasteiger charge is -2.28. The van der Waals surface area contributed by atoms with Crippen LogP contribution < -0.4 is 0 Å². The maximum atomic E-state index is 14.2.